The van der Waals surface area contributed by atoms with Gasteiger partial charge >= 0.3 is 0 Å². The summed E-state index contributed by atoms with van der Waals surface area (Å²) in [6.45, 7) is 4.19. The lowest BCUT2D eigenvalue weighted by atomic mass is 10.2. The van der Waals surface area contributed by atoms with Gasteiger partial charge in [0.05, 0.1) is 6.61 Å². The van der Waals surface area contributed by atoms with Crippen LogP contribution in [0, 0.1) is 6.92 Å². The Balaban J connectivity index is 3.01. The zero-order valence-corrected chi connectivity index (χ0v) is 11.5. The third kappa shape index (κ3) is 3.97. The summed E-state index contributed by atoms with van der Waals surface area (Å²) < 4.78 is 31.9. The van der Waals surface area contributed by atoms with E-state index < -0.39 is 10.0 Å². The van der Waals surface area contributed by atoms with Gasteiger partial charge in [-0.1, -0.05) is 6.07 Å². The Hall–Kier alpha value is -1.11. The van der Waals surface area contributed by atoms with E-state index in [1.54, 1.807) is 25.1 Å². The smallest absolute Gasteiger partial charge is 0.244 e. The maximum absolute atomic E-state index is 12.1. The lowest BCUT2D eigenvalue weighted by Crippen LogP contribution is -2.26. The van der Waals surface area contributed by atoms with Crippen LogP contribution in [-0.2, 0) is 10.0 Å². The van der Waals surface area contributed by atoms with Gasteiger partial charge in [-0.15, -0.1) is 0 Å². The van der Waals surface area contributed by atoms with Crippen LogP contribution in [0.2, 0.25) is 0 Å². The normalized spacial score (nSPS) is 11.5. The minimum Gasteiger partial charge on any atom is -0.492 e. The van der Waals surface area contributed by atoms with Gasteiger partial charge in [0.2, 0.25) is 10.0 Å². The average molecular weight is 273 g/mol. The van der Waals surface area contributed by atoms with Crippen molar-refractivity contribution in [1.29, 1.82) is 0 Å². The molecular weight excluding hydrogens is 254 g/mol. The third-order valence-corrected chi connectivity index (χ3v) is 3.80. The molecule has 0 aliphatic rings. The van der Waals surface area contributed by atoms with Gasteiger partial charge in [0.15, 0.2) is 0 Å². The molecule has 5 nitrogen and oxygen atoms in total. The predicted molar refractivity (Wildman–Crippen MR) is 69.2 cm³/mol. The van der Waals surface area contributed by atoms with Gasteiger partial charge in [-0.3, -0.25) is 0 Å². The summed E-state index contributed by atoms with van der Waals surface area (Å²) in [4.78, 5) is 0.141. The molecule has 0 bridgehead atoms. The summed E-state index contributed by atoms with van der Waals surface area (Å²) in [7, 11) is -3.59. The molecule has 1 rings (SSSR count). The summed E-state index contributed by atoms with van der Waals surface area (Å²) in [6, 6.07) is 5.03. The van der Waals surface area contributed by atoms with Crippen molar-refractivity contribution >= 4 is 10.0 Å². The van der Waals surface area contributed by atoms with Crippen LogP contribution in [0.5, 0.6) is 5.75 Å². The Kier molecular flexibility index (Phi) is 5.58. The van der Waals surface area contributed by atoms with Crippen molar-refractivity contribution in [1.82, 2.24) is 4.72 Å². The predicted octanol–water partition coefficient (Wildman–Crippen LogP) is 1.05. The van der Waals surface area contributed by atoms with Crippen molar-refractivity contribution < 1.29 is 18.3 Å². The molecule has 102 valence electrons. The van der Waals surface area contributed by atoms with Crippen molar-refractivity contribution in [2.75, 3.05) is 19.8 Å². The summed E-state index contributed by atoms with van der Waals surface area (Å²) in [5.41, 5.74) is 0.848. The fraction of sp³-hybridized carbons (Fsp3) is 0.500. The van der Waals surface area contributed by atoms with Crippen molar-refractivity contribution in [2.24, 2.45) is 0 Å². The van der Waals surface area contributed by atoms with Crippen LogP contribution in [0.3, 0.4) is 0 Å². The van der Waals surface area contributed by atoms with Crippen LogP contribution in [-0.4, -0.2) is 33.3 Å². The molecule has 0 heterocycles. The highest BCUT2D eigenvalue weighted by molar-refractivity contribution is 7.89. The number of ether oxygens (including phenoxy) is 1. The molecule has 0 fully saturated rings. The molecule has 0 aliphatic carbocycles. The van der Waals surface area contributed by atoms with Gasteiger partial charge in [0.25, 0.3) is 0 Å². The highest BCUT2D eigenvalue weighted by Gasteiger charge is 2.19. The van der Waals surface area contributed by atoms with E-state index in [4.69, 9.17) is 9.84 Å². The first-order valence-electron chi connectivity index (χ1n) is 5.85. The molecule has 0 unspecified atom stereocenters. The second-order valence-corrected chi connectivity index (χ2v) is 5.59. The quantitative estimate of drug-likeness (QED) is 0.728. The Morgan fingerprint density at radius 3 is 2.72 bits per heavy atom. The minimum absolute atomic E-state index is 0.0470. The van der Waals surface area contributed by atoms with Crippen LogP contribution >= 0.6 is 0 Å². The first kappa shape index (κ1) is 14.9. The molecule has 18 heavy (non-hydrogen) atoms. The van der Waals surface area contributed by atoms with Crippen LogP contribution in [0.4, 0.5) is 0 Å². The van der Waals surface area contributed by atoms with E-state index in [1.807, 2.05) is 6.92 Å². The molecule has 0 amide bonds. The molecule has 6 heteroatoms. The minimum atomic E-state index is -3.59. The second-order valence-electron chi connectivity index (χ2n) is 3.86. The average Bonchev–Trinajstić information content (AvgIpc) is 2.32. The van der Waals surface area contributed by atoms with Crippen LogP contribution in [0.1, 0.15) is 18.9 Å². The molecule has 0 aliphatic heterocycles. The number of aryl methyl sites for hydroxylation is 1. The van der Waals surface area contributed by atoms with Gasteiger partial charge in [-0.25, -0.2) is 13.1 Å². The Bertz CT molecular complexity index is 485. The molecule has 0 radical (unpaired) electrons. The summed E-state index contributed by atoms with van der Waals surface area (Å²) in [5.74, 6) is 0.347. The standard InChI is InChI=1S/C12H19NO4S/c1-3-17-11-6-5-10(2)9-12(11)18(15,16)13-7-4-8-14/h5-6,9,13-14H,3-4,7-8H2,1-2H3. The van der Waals surface area contributed by atoms with Gasteiger partial charge in [-0.2, -0.15) is 0 Å². The van der Waals surface area contributed by atoms with E-state index in [2.05, 4.69) is 4.72 Å². The molecular formula is C12H19NO4S. The number of sulfonamides is 1. The van der Waals surface area contributed by atoms with E-state index in [1.165, 1.54) is 0 Å². The van der Waals surface area contributed by atoms with E-state index in [0.717, 1.165) is 5.56 Å². The van der Waals surface area contributed by atoms with E-state index in [-0.39, 0.29) is 18.0 Å². The number of rotatable bonds is 7. The summed E-state index contributed by atoms with van der Waals surface area (Å²) in [6.07, 6.45) is 0.384. The highest BCUT2D eigenvalue weighted by Crippen LogP contribution is 2.24. The first-order valence-corrected chi connectivity index (χ1v) is 7.33. The van der Waals surface area contributed by atoms with Crippen molar-refractivity contribution in [3.63, 3.8) is 0 Å². The summed E-state index contributed by atoms with van der Waals surface area (Å²) >= 11 is 0. The number of benzene rings is 1. The van der Waals surface area contributed by atoms with Gasteiger partial charge < -0.3 is 9.84 Å². The fourth-order valence-electron chi connectivity index (χ4n) is 1.46. The number of nitrogens with one attached hydrogen (secondary N) is 1. The first-order chi connectivity index (χ1) is 8.51. The van der Waals surface area contributed by atoms with Crippen molar-refractivity contribution in [3.05, 3.63) is 23.8 Å². The lowest BCUT2D eigenvalue weighted by Gasteiger charge is -2.12. The molecule has 2 N–H and O–H groups in total. The molecule has 0 saturated heterocycles. The van der Waals surface area contributed by atoms with Gasteiger partial charge in [0.1, 0.15) is 10.6 Å². The Morgan fingerprint density at radius 2 is 2.11 bits per heavy atom. The molecule has 1 aromatic carbocycles. The van der Waals surface area contributed by atoms with Crippen LogP contribution in [0.15, 0.2) is 23.1 Å². The monoisotopic (exact) mass is 273 g/mol. The zero-order chi connectivity index (χ0) is 13.6. The topological polar surface area (TPSA) is 75.6 Å². The summed E-state index contributed by atoms with van der Waals surface area (Å²) in [5, 5.41) is 8.66. The van der Waals surface area contributed by atoms with E-state index in [0.29, 0.717) is 18.8 Å². The highest BCUT2D eigenvalue weighted by atomic mass is 32.2. The second kappa shape index (κ2) is 6.72. The molecule has 0 atom stereocenters. The van der Waals surface area contributed by atoms with Gasteiger partial charge in [0, 0.05) is 13.2 Å². The SMILES string of the molecule is CCOc1ccc(C)cc1S(=O)(=O)NCCCO. The van der Waals surface area contributed by atoms with Crippen LogP contribution in [0.25, 0.3) is 0 Å². The molecule has 0 spiro atoms. The van der Waals surface area contributed by atoms with E-state index in [9.17, 15) is 8.42 Å². The maximum atomic E-state index is 12.1. The molecule has 0 aromatic heterocycles. The van der Waals surface area contributed by atoms with E-state index >= 15 is 0 Å². The number of hydrogen-bond donors (Lipinski definition) is 2. The van der Waals surface area contributed by atoms with Crippen molar-refractivity contribution in [2.45, 2.75) is 25.2 Å². The number of aliphatic hydroxyl groups excluding tert-OH is 1. The number of aliphatic hydroxyl groups is 1. The number of hydrogen-bond acceptors (Lipinski definition) is 4. The fourth-order valence-corrected chi connectivity index (χ4v) is 2.76. The third-order valence-electron chi connectivity index (χ3n) is 2.32. The van der Waals surface area contributed by atoms with Gasteiger partial charge in [-0.05, 0) is 38.0 Å². The maximum Gasteiger partial charge on any atom is 0.244 e. The van der Waals surface area contributed by atoms with Crippen molar-refractivity contribution in [3.8, 4) is 5.75 Å². The lowest BCUT2D eigenvalue weighted by molar-refractivity contribution is 0.289. The largest absolute Gasteiger partial charge is 0.492 e. The molecule has 0 saturated carbocycles. The Labute approximate surface area is 108 Å². The van der Waals surface area contributed by atoms with Crippen LogP contribution < -0.4 is 9.46 Å². The zero-order valence-electron chi connectivity index (χ0n) is 10.6. The Morgan fingerprint density at radius 1 is 1.39 bits per heavy atom. The molecule has 1 aromatic rings.